The molecule has 1 fully saturated rings. The topological polar surface area (TPSA) is 102 Å². The van der Waals surface area contributed by atoms with Gasteiger partial charge in [-0.05, 0) is 25.0 Å². The molecule has 2 amide bonds. The van der Waals surface area contributed by atoms with E-state index in [0.717, 1.165) is 25.1 Å². The number of hydrogen-bond donors (Lipinski definition) is 2. The highest BCUT2D eigenvalue weighted by molar-refractivity contribution is 7.14. The van der Waals surface area contributed by atoms with Crippen molar-refractivity contribution >= 4 is 34.0 Å². The maximum atomic E-state index is 13.0. The minimum absolute atomic E-state index is 0.0920. The molecule has 1 aromatic carbocycles. The Labute approximate surface area is 192 Å². The Morgan fingerprint density at radius 3 is 2.88 bits per heavy atom. The molecule has 2 N–H and O–H groups in total. The highest BCUT2D eigenvalue weighted by atomic mass is 32.1. The summed E-state index contributed by atoms with van der Waals surface area (Å²) in [6.07, 6.45) is 2.29. The number of hydrogen-bond acceptors (Lipinski definition) is 8. The van der Waals surface area contributed by atoms with Gasteiger partial charge in [-0.2, -0.15) is 0 Å². The molecule has 174 valence electrons. The van der Waals surface area contributed by atoms with Crippen LogP contribution in [-0.2, 0) is 14.3 Å². The zero-order chi connectivity index (χ0) is 22.8. The SMILES string of the molecule is COCCN(CCC(=O)NCC1CCCO1)C(=O)c1csc(Nc2ccccc2OC)n1. The summed E-state index contributed by atoms with van der Waals surface area (Å²) in [5.74, 6) is 0.345. The first kappa shape index (κ1) is 24.0. The third kappa shape index (κ3) is 6.91. The van der Waals surface area contributed by atoms with Gasteiger partial charge in [0.25, 0.3) is 5.91 Å². The fourth-order valence-electron chi connectivity index (χ4n) is 3.33. The summed E-state index contributed by atoms with van der Waals surface area (Å²) >= 11 is 1.33. The van der Waals surface area contributed by atoms with Gasteiger partial charge in [0.2, 0.25) is 5.91 Å². The minimum Gasteiger partial charge on any atom is -0.495 e. The molecule has 3 rings (SSSR count). The summed E-state index contributed by atoms with van der Waals surface area (Å²) in [7, 11) is 3.18. The molecule has 1 aromatic heterocycles. The molecule has 32 heavy (non-hydrogen) atoms. The van der Waals surface area contributed by atoms with Gasteiger partial charge in [-0.1, -0.05) is 12.1 Å². The van der Waals surface area contributed by atoms with Crippen LogP contribution in [-0.4, -0.2) is 74.9 Å². The summed E-state index contributed by atoms with van der Waals surface area (Å²) in [5.41, 5.74) is 1.09. The Hall–Kier alpha value is -2.69. The second kappa shape index (κ2) is 12.4. The molecule has 1 unspecified atom stereocenters. The number of nitrogens with one attached hydrogen (secondary N) is 2. The largest absolute Gasteiger partial charge is 0.495 e. The number of para-hydroxylation sites is 2. The normalized spacial score (nSPS) is 15.4. The van der Waals surface area contributed by atoms with Gasteiger partial charge in [-0.3, -0.25) is 9.59 Å². The van der Waals surface area contributed by atoms with Crippen LogP contribution >= 0.6 is 11.3 Å². The summed E-state index contributed by atoms with van der Waals surface area (Å²) < 4.78 is 16.0. The predicted molar refractivity (Wildman–Crippen MR) is 123 cm³/mol. The van der Waals surface area contributed by atoms with E-state index in [-0.39, 0.29) is 30.9 Å². The number of rotatable bonds is 12. The van der Waals surface area contributed by atoms with Crippen LogP contribution < -0.4 is 15.4 Å². The number of carbonyl (C=O) groups excluding carboxylic acids is 2. The Morgan fingerprint density at radius 1 is 1.28 bits per heavy atom. The first-order valence-electron chi connectivity index (χ1n) is 10.6. The third-order valence-corrected chi connectivity index (χ3v) is 5.84. The monoisotopic (exact) mass is 462 g/mol. The van der Waals surface area contributed by atoms with E-state index in [2.05, 4.69) is 15.6 Å². The van der Waals surface area contributed by atoms with Gasteiger partial charge in [0.1, 0.15) is 11.4 Å². The smallest absolute Gasteiger partial charge is 0.273 e. The lowest BCUT2D eigenvalue weighted by molar-refractivity contribution is -0.121. The van der Waals surface area contributed by atoms with Crippen molar-refractivity contribution in [1.82, 2.24) is 15.2 Å². The summed E-state index contributed by atoms with van der Waals surface area (Å²) in [6, 6.07) is 7.49. The van der Waals surface area contributed by atoms with Gasteiger partial charge in [0.15, 0.2) is 5.13 Å². The van der Waals surface area contributed by atoms with E-state index in [0.29, 0.717) is 36.3 Å². The number of thiazole rings is 1. The molecule has 2 heterocycles. The van der Waals surface area contributed by atoms with Crippen LogP contribution in [0.3, 0.4) is 0 Å². The van der Waals surface area contributed by atoms with Gasteiger partial charge >= 0.3 is 0 Å². The maximum Gasteiger partial charge on any atom is 0.273 e. The molecular weight excluding hydrogens is 432 g/mol. The lowest BCUT2D eigenvalue weighted by Crippen LogP contribution is -2.38. The average Bonchev–Trinajstić information content (AvgIpc) is 3.50. The highest BCUT2D eigenvalue weighted by Crippen LogP contribution is 2.28. The molecule has 10 heteroatoms. The van der Waals surface area contributed by atoms with E-state index in [4.69, 9.17) is 14.2 Å². The van der Waals surface area contributed by atoms with Crippen LogP contribution in [0.5, 0.6) is 5.75 Å². The van der Waals surface area contributed by atoms with E-state index >= 15 is 0 Å². The standard InChI is InChI=1S/C22H30N4O5S/c1-29-13-11-26(10-9-20(27)23-14-16-6-5-12-31-16)21(28)18-15-32-22(25-18)24-17-7-3-4-8-19(17)30-2/h3-4,7-8,15-16H,5-6,9-14H2,1-2H3,(H,23,27)(H,24,25). The molecule has 1 saturated heterocycles. The highest BCUT2D eigenvalue weighted by Gasteiger charge is 2.21. The number of benzene rings is 1. The zero-order valence-corrected chi connectivity index (χ0v) is 19.3. The molecule has 0 aliphatic carbocycles. The molecule has 1 atom stereocenters. The molecule has 1 aliphatic heterocycles. The van der Waals surface area contributed by atoms with Gasteiger partial charge in [0, 0.05) is 45.2 Å². The number of amides is 2. The van der Waals surface area contributed by atoms with Crippen molar-refractivity contribution in [1.29, 1.82) is 0 Å². The van der Waals surface area contributed by atoms with Crippen LogP contribution in [0.25, 0.3) is 0 Å². The lowest BCUT2D eigenvalue weighted by Gasteiger charge is -2.21. The Morgan fingerprint density at radius 2 is 2.12 bits per heavy atom. The van der Waals surface area contributed by atoms with E-state index < -0.39 is 0 Å². The lowest BCUT2D eigenvalue weighted by atomic mass is 10.2. The summed E-state index contributed by atoms with van der Waals surface area (Å²) in [5, 5.41) is 8.36. The fourth-order valence-corrected chi connectivity index (χ4v) is 4.03. The van der Waals surface area contributed by atoms with E-state index in [1.165, 1.54) is 11.3 Å². The number of anilines is 2. The maximum absolute atomic E-state index is 13.0. The van der Waals surface area contributed by atoms with Crippen molar-refractivity contribution in [2.75, 3.05) is 52.4 Å². The average molecular weight is 463 g/mol. The Kier molecular flexibility index (Phi) is 9.27. The number of carbonyl (C=O) groups is 2. The van der Waals surface area contributed by atoms with Gasteiger partial charge in [-0.25, -0.2) is 4.98 Å². The van der Waals surface area contributed by atoms with E-state index in [1.807, 2.05) is 24.3 Å². The molecule has 0 saturated carbocycles. The fraction of sp³-hybridized carbons (Fsp3) is 0.500. The summed E-state index contributed by atoms with van der Waals surface area (Å²) in [6.45, 7) is 2.30. The van der Waals surface area contributed by atoms with Crippen LogP contribution in [0.2, 0.25) is 0 Å². The second-order valence-corrected chi connectivity index (χ2v) is 8.20. The molecular formula is C22H30N4O5S. The zero-order valence-electron chi connectivity index (χ0n) is 18.5. The minimum atomic E-state index is -0.238. The first-order chi connectivity index (χ1) is 15.6. The van der Waals surface area contributed by atoms with Crippen molar-refractivity contribution in [3.8, 4) is 5.75 Å². The third-order valence-electron chi connectivity index (χ3n) is 5.08. The van der Waals surface area contributed by atoms with Crippen LogP contribution in [0.15, 0.2) is 29.6 Å². The number of nitrogens with zero attached hydrogens (tertiary/aromatic N) is 2. The van der Waals surface area contributed by atoms with Crippen molar-refractivity contribution in [3.05, 3.63) is 35.3 Å². The van der Waals surface area contributed by atoms with Crippen LogP contribution in [0.4, 0.5) is 10.8 Å². The van der Waals surface area contributed by atoms with E-state index in [1.54, 1.807) is 24.5 Å². The molecule has 1 aliphatic rings. The Bertz CT molecular complexity index is 885. The summed E-state index contributed by atoms with van der Waals surface area (Å²) in [4.78, 5) is 31.3. The second-order valence-electron chi connectivity index (χ2n) is 7.34. The number of aromatic nitrogens is 1. The van der Waals surface area contributed by atoms with Crippen molar-refractivity contribution in [2.45, 2.75) is 25.4 Å². The number of ether oxygens (including phenoxy) is 3. The number of methoxy groups -OCH3 is 2. The van der Waals surface area contributed by atoms with Crippen LogP contribution in [0, 0.1) is 0 Å². The van der Waals surface area contributed by atoms with Gasteiger partial charge < -0.3 is 29.7 Å². The van der Waals surface area contributed by atoms with Crippen LogP contribution in [0.1, 0.15) is 29.8 Å². The van der Waals surface area contributed by atoms with Crippen molar-refractivity contribution < 1.29 is 23.8 Å². The molecule has 0 bridgehead atoms. The van der Waals surface area contributed by atoms with Crippen molar-refractivity contribution in [3.63, 3.8) is 0 Å². The predicted octanol–water partition coefficient (Wildman–Crippen LogP) is 2.67. The Balaban J connectivity index is 1.56. The first-order valence-corrected chi connectivity index (χ1v) is 11.5. The molecule has 2 aromatic rings. The quantitative estimate of drug-likeness (QED) is 0.500. The van der Waals surface area contributed by atoms with E-state index in [9.17, 15) is 9.59 Å². The molecule has 0 radical (unpaired) electrons. The van der Waals surface area contributed by atoms with Gasteiger partial charge in [-0.15, -0.1) is 11.3 Å². The molecule has 0 spiro atoms. The molecule has 9 nitrogen and oxygen atoms in total. The van der Waals surface area contributed by atoms with Gasteiger partial charge in [0.05, 0.1) is 25.5 Å². The van der Waals surface area contributed by atoms with Crippen molar-refractivity contribution in [2.24, 2.45) is 0 Å².